The Morgan fingerprint density at radius 3 is 2.57 bits per heavy atom. The number of halogens is 1. The van der Waals surface area contributed by atoms with E-state index in [9.17, 15) is 9.90 Å². The zero-order valence-corrected chi connectivity index (χ0v) is 18.2. The van der Waals surface area contributed by atoms with Crippen LogP contribution in [0.3, 0.4) is 0 Å². The van der Waals surface area contributed by atoms with E-state index in [0.717, 1.165) is 16.7 Å². The van der Waals surface area contributed by atoms with E-state index in [-0.39, 0.29) is 18.3 Å². The minimum absolute atomic E-state index is 0.0354. The minimum atomic E-state index is -1.05. The maximum absolute atomic E-state index is 11.7. The fraction of sp³-hybridized carbons (Fsp3) is 0.250. The number of hydrogen-bond donors (Lipinski definition) is 1. The van der Waals surface area contributed by atoms with Gasteiger partial charge in [-0.3, -0.25) is 0 Å². The van der Waals surface area contributed by atoms with Crippen molar-refractivity contribution in [3.8, 4) is 22.8 Å². The third kappa shape index (κ3) is 4.92. The van der Waals surface area contributed by atoms with Gasteiger partial charge in [-0.15, -0.1) is 0 Å². The molecule has 3 rings (SSSR count). The molecular weight excluding hydrogens is 402 g/mol. The second-order valence-electron chi connectivity index (χ2n) is 7.29. The topological polar surface area (TPSA) is 68.7 Å². The third-order valence-corrected chi connectivity index (χ3v) is 4.94. The second kappa shape index (κ2) is 9.18. The summed E-state index contributed by atoms with van der Waals surface area (Å²) in [5.74, 6) is 0.242. The van der Waals surface area contributed by atoms with Crippen molar-refractivity contribution < 1.29 is 19.4 Å². The molecule has 0 spiro atoms. The van der Waals surface area contributed by atoms with Crippen LogP contribution in [0.2, 0.25) is 5.02 Å². The number of pyridine rings is 1. The Balaban J connectivity index is 1.99. The average Bonchev–Trinajstić information content (AvgIpc) is 2.68. The van der Waals surface area contributed by atoms with Crippen LogP contribution in [0.4, 0.5) is 0 Å². The Bertz CT molecular complexity index is 1080. The maximum Gasteiger partial charge on any atom is 0.337 e. The Labute approximate surface area is 181 Å². The van der Waals surface area contributed by atoms with Crippen LogP contribution in [-0.2, 0) is 6.61 Å². The van der Waals surface area contributed by atoms with Crippen molar-refractivity contribution in [2.24, 2.45) is 0 Å². The molecule has 1 heterocycles. The van der Waals surface area contributed by atoms with E-state index in [2.05, 4.69) is 4.98 Å². The number of nitrogens with zero attached hydrogens (tertiary/aromatic N) is 1. The lowest BCUT2D eigenvalue weighted by Crippen LogP contribution is -2.10. The summed E-state index contributed by atoms with van der Waals surface area (Å²) in [6.07, 6.45) is -0.0485. The molecule has 1 N–H and O–H groups in total. The summed E-state index contributed by atoms with van der Waals surface area (Å²) in [7, 11) is 0. The molecule has 0 saturated heterocycles. The molecule has 0 aliphatic carbocycles. The Hall–Kier alpha value is -3.05. The molecule has 5 nitrogen and oxygen atoms in total. The lowest BCUT2D eigenvalue weighted by atomic mass is 10.1. The minimum Gasteiger partial charge on any atom is -0.490 e. The predicted octanol–water partition coefficient (Wildman–Crippen LogP) is 6.08. The van der Waals surface area contributed by atoms with Crippen molar-refractivity contribution >= 4 is 17.6 Å². The first-order valence-corrected chi connectivity index (χ1v) is 10.0. The van der Waals surface area contributed by atoms with Crippen LogP contribution < -0.4 is 9.47 Å². The highest BCUT2D eigenvalue weighted by Crippen LogP contribution is 2.33. The summed E-state index contributed by atoms with van der Waals surface area (Å²) in [6, 6.07) is 14.3. The number of carbonyl (C=O) groups is 1. The highest BCUT2D eigenvalue weighted by Gasteiger charge is 2.17. The number of carboxylic acid groups (broad SMARTS) is 1. The van der Waals surface area contributed by atoms with E-state index < -0.39 is 5.97 Å². The van der Waals surface area contributed by atoms with Crippen LogP contribution in [0.5, 0.6) is 11.5 Å². The van der Waals surface area contributed by atoms with E-state index in [1.54, 1.807) is 24.3 Å². The number of aryl methyl sites for hydroxylation is 1. The van der Waals surface area contributed by atoms with Crippen molar-refractivity contribution in [2.75, 3.05) is 0 Å². The molecule has 0 bridgehead atoms. The molecule has 156 valence electrons. The van der Waals surface area contributed by atoms with Crippen molar-refractivity contribution in [2.45, 2.75) is 40.4 Å². The van der Waals surface area contributed by atoms with Crippen LogP contribution in [0, 0.1) is 13.8 Å². The van der Waals surface area contributed by atoms with Gasteiger partial charge >= 0.3 is 5.97 Å². The molecule has 0 amide bonds. The van der Waals surface area contributed by atoms with Crippen molar-refractivity contribution in [3.05, 3.63) is 75.9 Å². The van der Waals surface area contributed by atoms with Gasteiger partial charge in [0.15, 0.2) is 0 Å². The molecular formula is C24H24ClNO4. The summed E-state index contributed by atoms with van der Waals surface area (Å²) in [6.45, 7) is 7.86. The molecule has 6 heteroatoms. The molecule has 1 aromatic heterocycles. The van der Waals surface area contributed by atoms with Gasteiger partial charge in [-0.2, -0.15) is 0 Å². The fourth-order valence-electron chi connectivity index (χ4n) is 3.04. The number of rotatable bonds is 7. The van der Waals surface area contributed by atoms with E-state index >= 15 is 0 Å². The van der Waals surface area contributed by atoms with Crippen LogP contribution in [0.15, 0.2) is 48.5 Å². The van der Waals surface area contributed by atoms with Gasteiger partial charge in [-0.1, -0.05) is 23.7 Å². The van der Waals surface area contributed by atoms with Gasteiger partial charge in [0.2, 0.25) is 0 Å². The van der Waals surface area contributed by atoms with Gasteiger partial charge in [0.05, 0.1) is 23.1 Å². The van der Waals surface area contributed by atoms with E-state index in [1.165, 1.54) is 0 Å². The normalized spacial score (nSPS) is 10.9. The molecule has 0 unspecified atom stereocenters. The molecule has 3 aromatic rings. The quantitative estimate of drug-likeness (QED) is 0.496. The largest absolute Gasteiger partial charge is 0.490 e. The van der Waals surface area contributed by atoms with Crippen molar-refractivity contribution in [3.63, 3.8) is 0 Å². The number of benzene rings is 2. The Kier molecular flexibility index (Phi) is 6.63. The highest BCUT2D eigenvalue weighted by atomic mass is 35.5. The fourth-order valence-corrected chi connectivity index (χ4v) is 3.20. The summed E-state index contributed by atoms with van der Waals surface area (Å²) in [5.41, 5.74) is 3.88. The zero-order chi connectivity index (χ0) is 21.8. The van der Waals surface area contributed by atoms with Gasteiger partial charge in [0.25, 0.3) is 0 Å². The number of aromatic nitrogens is 1. The molecule has 0 aliphatic heterocycles. The first-order valence-electron chi connectivity index (χ1n) is 9.65. The Morgan fingerprint density at radius 2 is 1.87 bits per heavy atom. The van der Waals surface area contributed by atoms with Gasteiger partial charge in [-0.05, 0) is 75.2 Å². The molecule has 0 saturated carbocycles. The van der Waals surface area contributed by atoms with Gasteiger partial charge < -0.3 is 14.6 Å². The molecule has 30 heavy (non-hydrogen) atoms. The monoisotopic (exact) mass is 425 g/mol. The number of aromatic carboxylic acids is 1. The van der Waals surface area contributed by atoms with E-state index in [1.807, 2.05) is 52.0 Å². The van der Waals surface area contributed by atoms with Gasteiger partial charge in [-0.25, -0.2) is 9.78 Å². The molecule has 0 radical (unpaired) electrons. The lowest BCUT2D eigenvalue weighted by molar-refractivity contribution is 0.0693. The summed E-state index contributed by atoms with van der Waals surface area (Å²) >= 11 is 6.13. The van der Waals surface area contributed by atoms with Crippen molar-refractivity contribution in [1.82, 2.24) is 4.98 Å². The Morgan fingerprint density at radius 1 is 1.10 bits per heavy atom. The first kappa shape index (κ1) is 21.7. The number of hydrogen-bond acceptors (Lipinski definition) is 4. The SMILES string of the molecule is Cc1cccc(OCc2nc(-c3ccc(Cl)cc3OC(C)C)ccc2C(=O)O)c1C. The molecule has 0 fully saturated rings. The molecule has 0 atom stereocenters. The molecule has 2 aromatic carbocycles. The van der Waals surface area contributed by atoms with Crippen LogP contribution in [-0.4, -0.2) is 22.2 Å². The van der Waals surface area contributed by atoms with Gasteiger partial charge in [0.1, 0.15) is 18.1 Å². The van der Waals surface area contributed by atoms with Crippen LogP contribution >= 0.6 is 11.6 Å². The number of ether oxygens (including phenoxy) is 2. The summed E-state index contributed by atoms with van der Waals surface area (Å²) < 4.78 is 11.8. The van der Waals surface area contributed by atoms with E-state index in [4.69, 9.17) is 21.1 Å². The van der Waals surface area contributed by atoms with E-state index in [0.29, 0.717) is 27.9 Å². The third-order valence-electron chi connectivity index (χ3n) is 4.71. The zero-order valence-electron chi connectivity index (χ0n) is 17.4. The van der Waals surface area contributed by atoms with Crippen LogP contribution in [0.1, 0.15) is 41.0 Å². The lowest BCUT2D eigenvalue weighted by Gasteiger charge is -2.16. The predicted molar refractivity (Wildman–Crippen MR) is 118 cm³/mol. The maximum atomic E-state index is 11.7. The standard InChI is InChI=1S/C24H24ClNO4/c1-14(2)30-23-12-17(25)8-9-18(23)20-11-10-19(24(27)28)21(26-20)13-29-22-7-5-6-15(3)16(22)4/h5-12,14H,13H2,1-4H3,(H,27,28). The second-order valence-corrected chi connectivity index (χ2v) is 7.73. The number of carboxylic acids is 1. The highest BCUT2D eigenvalue weighted by molar-refractivity contribution is 6.30. The van der Waals surface area contributed by atoms with Crippen molar-refractivity contribution in [1.29, 1.82) is 0 Å². The van der Waals surface area contributed by atoms with Gasteiger partial charge in [0, 0.05) is 10.6 Å². The smallest absolute Gasteiger partial charge is 0.337 e. The average molecular weight is 426 g/mol. The molecule has 0 aliphatic rings. The summed E-state index contributed by atoms with van der Waals surface area (Å²) in [5, 5.41) is 10.1. The summed E-state index contributed by atoms with van der Waals surface area (Å²) in [4.78, 5) is 16.3. The van der Waals surface area contributed by atoms with Crippen LogP contribution in [0.25, 0.3) is 11.3 Å². The first-order chi connectivity index (χ1) is 14.3.